The van der Waals surface area contributed by atoms with E-state index >= 15 is 0 Å². The van der Waals surface area contributed by atoms with Gasteiger partial charge in [-0.25, -0.2) is 4.98 Å². The number of benzene rings is 1. The van der Waals surface area contributed by atoms with Crippen LogP contribution in [0.25, 0.3) is 21.0 Å². The molecule has 5 rings (SSSR count). The Bertz CT molecular complexity index is 975. The van der Waals surface area contributed by atoms with E-state index in [1.807, 2.05) is 28.8 Å². The first-order chi connectivity index (χ1) is 12.8. The van der Waals surface area contributed by atoms with Crippen molar-refractivity contribution in [3.8, 4) is 10.8 Å². The molecule has 0 bridgehead atoms. The fourth-order valence-corrected chi connectivity index (χ4v) is 5.37. The summed E-state index contributed by atoms with van der Waals surface area (Å²) in [5.41, 5.74) is 1.12. The van der Waals surface area contributed by atoms with E-state index in [1.165, 1.54) is 27.4 Å². The van der Waals surface area contributed by atoms with Gasteiger partial charge in [-0.15, -0.1) is 32.9 Å². The lowest BCUT2D eigenvalue weighted by Gasteiger charge is -2.27. The van der Waals surface area contributed by atoms with Crippen LogP contribution in [-0.4, -0.2) is 28.3 Å². The molecule has 26 heavy (non-hydrogen) atoms. The number of aromatic nitrogens is 3. The fourth-order valence-electron chi connectivity index (χ4n) is 3.63. The summed E-state index contributed by atoms with van der Waals surface area (Å²) < 4.78 is 7.16. The van der Waals surface area contributed by atoms with E-state index in [0.717, 1.165) is 35.9 Å². The predicted molar refractivity (Wildman–Crippen MR) is 104 cm³/mol. The van der Waals surface area contributed by atoms with Crippen molar-refractivity contribution in [2.24, 2.45) is 0 Å². The molecule has 4 aromatic rings. The highest BCUT2D eigenvalue weighted by molar-refractivity contribution is 7.18. The Kier molecular flexibility index (Phi) is 4.28. The van der Waals surface area contributed by atoms with Crippen LogP contribution in [0.15, 0.2) is 46.2 Å². The van der Waals surface area contributed by atoms with Crippen LogP contribution < -0.4 is 4.90 Å². The van der Waals surface area contributed by atoms with Gasteiger partial charge in [-0.05, 0) is 36.4 Å². The number of nitrogens with zero attached hydrogens (tertiary/aromatic N) is 3. The third-order valence-electron chi connectivity index (χ3n) is 4.88. The number of nitrogens with one attached hydrogen (secondary N) is 1. The number of hydrogen-bond donors (Lipinski definition) is 1. The Balaban J connectivity index is 1.30. The van der Waals surface area contributed by atoms with Crippen LogP contribution in [0, 0.1) is 0 Å². The average Bonchev–Trinajstić information content (AvgIpc) is 3.41. The molecule has 7 heteroatoms. The second-order valence-corrected chi connectivity index (χ2v) is 8.73. The lowest BCUT2D eigenvalue weighted by Crippen LogP contribution is -3.12. The van der Waals surface area contributed by atoms with Gasteiger partial charge in [0.25, 0.3) is 11.8 Å². The van der Waals surface area contributed by atoms with E-state index in [4.69, 9.17) is 9.40 Å². The zero-order chi connectivity index (χ0) is 17.3. The summed E-state index contributed by atoms with van der Waals surface area (Å²) in [5.74, 6) is 1.89. The van der Waals surface area contributed by atoms with Gasteiger partial charge in [-0.3, -0.25) is 0 Å². The van der Waals surface area contributed by atoms with Crippen molar-refractivity contribution in [2.75, 3.05) is 13.1 Å². The second kappa shape index (κ2) is 6.90. The predicted octanol–water partition coefficient (Wildman–Crippen LogP) is 3.37. The van der Waals surface area contributed by atoms with Crippen molar-refractivity contribution in [3.05, 3.63) is 52.7 Å². The quantitative estimate of drug-likeness (QED) is 0.587. The number of thiophene rings is 1. The summed E-state index contributed by atoms with van der Waals surface area (Å²) in [6.07, 6.45) is 2.43. The van der Waals surface area contributed by atoms with Crippen molar-refractivity contribution in [1.82, 2.24) is 15.2 Å². The van der Waals surface area contributed by atoms with Crippen LogP contribution in [0.5, 0.6) is 0 Å². The topological polar surface area (TPSA) is 56.2 Å². The first kappa shape index (κ1) is 16.1. The highest BCUT2D eigenvalue weighted by Gasteiger charge is 2.28. The van der Waals surface area contributed by atoms with Crippen LogP contribution in [0.1, 0.15) is 29.7 Å². The van der Waals surface area contributed by atoms with Gasteiger partial charge in [0, 0.05) is 0 Å². The van der Waals surface area contributed by atoms with Crippen molar-refractivity contribution in [2.45, 2.75) is 25.3 Å². The van der Waals surface area contributed by atoms with Crippen molar-refractivity contribution in [3.63, 3.8) is 0 Å². The number of para-hydroxylation sites is 1. The molecule has 1 aliphatic rings. The first-order valence-electron chi connectivity index (χ1n) is 8.90. The molecule has 1 fully saturated rings. The molecular weight excluding hydrogens is 364 g/mol. The number of fused-ring (bicyclic) bond motifs is 1. The number of likely N-dealkylation sites (tertiary alicyclic amines) is 1. The molecule has 0 aliphatic carbocycles. The lowest BCUT2D eigenvalue weighted by molar-refractivity contribution is -0.921. The van der Waals surface area contributed by atoms with E-state index in [-0.39, 0.29) is 0 Å². The summed E-state index contributed by atoms with van der Waals surface area (Å²) >= 11 is 3.47. The molecule has 3 aromatic heterocycles. The number of hydrogen-bond acceptors (Lipinski definition) is 6. The fraction of sp³-hybridized carbons (Fsp3) is 0.316. The smallest absolute Gasteiger partial charge is 0.271 e. The largest absolute Gasteiger partial charge is 0.414 e. The van der Waals surface area contributed by atoms with Gasteiger partial charge in [-0.1, -0.05) is 18.2 Å². The molecule has 0 radical (unpaired) electrons. The molecule has 4 heterocycles. The van der Waals surface area contributed by atoms with E-state index in [1.54, 1.807) is 11.3 Å². The third kappa shape index (κ3) is 3.18. The molecule has 1 aromatic carbocycles. The minimum Gasteiger partial charge on any atom is -0.414 e. The Morgan fingerprint density at radius 2 is 2.12 bits per heavy atom. The van der Waals surface area contributed by atoms with Gasteiger partial charge in [-0.2, -0.15) is 0 Å². The monoisotopic (exact) mass is 383 g/mol. The second-order valence-electron chi connectivity index (χ2n) is 6.72. The zero-order valence-corrected chi connectivity index (χ0v) is 15.9. The maximum Gasteiger partial charge on any atom is 0.271 e. The van der Waals surface area contributed by atoms with E-state index in [0.29, 0.717) is 11.8 Å². The number of rotatable bonds is 4. The average molecular weight is 384 g/mol. The standard InChI is InChI=1S/C19H18N4OS2/c1-2-7-15-14(6-1)20-19(26-15)13-5-3-9-23(11-13)12-17-21-22-18(24-17)16-8-4-10-25-16/h1-2,4,6-8,10,13H,3,5,9,11-12H2/p+1/t13-/m1/s1. The molecule has 1 N–H and O–H groups in total. The Labute approximate surface area is 159 Å². The van der Waals surface area contributed by atoms with Crippen LogP contribution in [0.2, 0.25) is 0 Å². The molecular formula is C19H19N4OS2+. The highest BCUT2D eigenvalue weighted by atomic mass is 32.1. The maximum atomic E-state index is 5.87. The summed E-state index contributed by atoms with van der Waals surface area (Å²) in [6, 6.07) is 12.4. The molecule has 1 aliphatic heterocycles. The summed E-state index contributed by atoms with van der Waals surface area (Å²) in [4.78, 5) is 7.40. The van der Waals surface area contributed by atoms with Gasteiger partial charge in [0.05, 0.1) is 34.1 Å². The van der Waals surface area contributed by atoms with Gasteiger partial charge in [0.2, 0.25) is 0 Å². The molecule has 1 unspecified atom stereocenters. The normalized spacial score (nSPS) is 20.6. The highest BCUT2D eigenvalue weighted by Crippen LogP contribution is 2.30. The van der Waals surface area contributed by atoms with Crippen molar-refractivity contribution < 1.29 is 9.32 Å². The SMILES string of the molecule is c1csc(-c2nnc(C[NH+]3CCC[C@@H](c4nc5ccccc5s4)C3)o2)c1. The Hall–Kier alpha value is -2.09. The van der Waals surface area contributed by atoms with Gasteiger partial charge >= 0.3 is 0 Å². The van der Waals surface area contributed by atoms with Crippen LogP contribution >= 0.6 is 22.7 Å². The van der Waals surface area contributed by atoms with Crippen molar-refractivity contribution >= 4 is 32.9 Å². The number of quaternary nitrogens is 1. The van der Waals surface area contributed by atoms with Gasteiger partial charge < -0.3 is 9.32 Å². The van der Waals surface area contributed by atoms with Crippen LogP contribution in [0.4, 0.5) is 0 Å². The summed E-state index contributed by atoms with van der Waals surface area (Å²) in [7, 11) is 0. The third-order valence-corrected chi connectivity index (χ3v) is 6.93. The molecule has 2 atom stereocenters. The molecule has 132 valence electrons. The lowest BCUT2D eigenvalue weighted by atomic mass is 9.99. The molecule has 1 saturated heterocycles. The molecule has 0 saturated carbocycles. The number of thiazole rings is 1. The van der Waals surface area contributed by atoms with Crippen molar-refractivity contribution in [1.29, 1.82) is 0 Å². The van der Waals surface area contributed by atoms with Gasteiger partial charge in [0.15, 0.2) is 6.54 Å². The maximum absolute atomic E-state index is 5.87. The Morgan fingerprint density at radius 3 is 3.00 bits per heavy atom. The van der Waals surface area contributed by atoms with Gasteiger partial charge in [0.1, 0.15) is 5.01 Å². The van der Waals surface area contributed by atoms with E-state index in [2.05, 4.69) is 34.5 Å². The molecule has 5 nitrogen and oxygen atoms in total. The summed E-state index contributed by atoms with van der Waals surface area (Å²) in [5, 5.41) is 11.8. The van der Waals surface area contributed by atoms with Crippen LogP contribution in [0.3, 0.4) is 0 Å². The number of piperidine rings is 1. The molecule has 0 spiro atoms. The summed E-state index contributed by atoms with van der Waals surface area (Å²) in [6.45, 7) is 3.02. The van der Waals surface area contributed by atoms with E-state index < -0.39 is 0 Å². The van der Waals surface area contributed by atoms with Crippen LogP contribution in [-0.2, 0) is 6.54 Å². The minimum absolute atomic E-state index is 0.524. The minimum atomic E-state index is 0.524. The molecule has 0 amide bonds. The first-order valence-corrected chi connectivity index (χ1v) is 10.6. The van der Waals surface area contributed by atoms with E-state index in [9.17, 15) is 0 Å². The Morgan fingerprint density at radius 1 is 1.15 bits per heavy atom. The zero-order valence-electron chi connectivity index (χ0n) is 14.2.